The Morgan fingerprint density at radius 1 is 1.60 bits per heavy atom. The predicted octanol–water partition coefficient (Wildman–Crippen LogP) is 0.287. The highest BCUT2D eigenvalue weighted by Gasteiger charge is 2.24. The number of carbonyl (C=O) groups is 1. The summed E-state index contributed by atoms with van der Waals surface area (Å²) in [6.45, 7) is 0.329. The zero-order valence-electron chi connectivity index (χ0n) is 5.46. The van der Waals surface area contributed by atoms with E-state index in [1.165, 1.54) is 0 Å². The number of cyclic esters (lactones) is 1. The highest BCUT2D eigenvalue weighted by Crippen LogP contribution is 2.23. The third-order valence-corrected chi connectivity index (χ3v) is 1.47. The molecule has 0 aromatic carbocycles. The summed E-state index contributed by atoms with van der Waals surface area (Å²) < 4.78 is 4.61. The van der Waals surface area contributed by atoms with Crippen LogP contribution in [-0.2, 0) is 4.74 Å². The van der Waals surface area contributed by atoms with E-state index in [1.54, 1.807) is 0 Å². The number of alkyl carbamates (subject to hydrolysis) is 1. The Bertz CT molecular complexity index is 196. The minimum Gasteiger partial charge on any atom is -0.441 e. The molecule has 4 nitrogen and oxygen atoms in total. The summed E-state index contributed by atoms with van der Waals surface area (Å²) in [7, 11) is 0. The lowest BCUT2D eigenvalue weighted by Gasteiger charge is -1.88. The zero-order valence-corrected chi connectivity index (χ0v) is 5.46. The summed E-state index contributed by atoms with van der Waals surface area (Å²) in [6, 6.07) is 0.456. The van der Waals surface area contributed by atoms with Gasteiger partial charge in [-0.15, -0.1) is 0 Å². The van der Waals surface area contributed by atoms with Crippen LogP contribution in [0.1, 0.15) is 12.8 Å². The number of hydrogen-bond acceptors (Lipinski definition) is 3. The molecule has 0 aromatic rings. The van der Waals surface area contributed by atoms with Crippen LogP contribution in [-0.4, -0.2) is 24.6 Å². The normalized spacial score (nSPS) is 28.4. The Labute approximate surface area is 58.3 Å². The zero-order chi connectivity index (χ0) is 6.97. The van der Waals surface area contributed by atoms with Gasteiger partial charge in [-0.25, -0.2) is 4.79 Å². The highest BCUT2D eigenvalue weighted by atomic mass is 16.6. The van der Waals surface area contributed by atoms with Crippen LogP contribution < -0.4 is 5.32 Å². The molecule has 2 aliphatic rings. The maximum Gasteiger partial charge on any atom is 0.413 e. The molecule has 1 saturated carbocycles. The third-order valence-electron chi connectivity index (χ3n) is 1.47. The van der Waals surface area contributed by atoms with Gasteiger partial charge in [0.2, 0.25) is 0 Å². The van der Waals surface area contributed by atoms with Crippen molar-refractivity contribution in [3.05, 3.63) is 0 Å². The molecule has 1 amide bonds. The van der Waals surface area contributed by atoms with Crippen molar-refractivity contribution in [2.24, 2.45) is 4.99 Å². The number of nitrogens with zero attached hydrogens (tertiary/aromatic N) is 1. The first-order valence-electron chi connectivity index (χ1n) is 3.35. The van der Waals surface area contributed by atoms with Crippen LogP contribution in [0.5, 0.6) is 0 Å². The van der Waals surface area contributed by atoms with E-state index < -0.39 is 0 Å². The standard InChI is InChI=1S/C6H8N2O2/c9-6-8-5(3-10-6)7-4-1-2-4/h4H,1-3H2,(H,7,8,9). The maximum absolute atomic E-state index is 10.4. The molecule has 0 aromatic heterocycles. The molecule has 0 spiro atoms. The van der Waals surface area contributed by atoms with Gasteiger partial charge in [0.15, 0.2) is 6.61 Å². The highest BCUT2D eigenvalue weighted by molar-refractivity contribution is 6.01. The van der Waals surface area contributed by atoms with Gasteiger partial charge in [0.05, 0.1) is 6.04 Å². The van der Waals surface area contributed by atoms with Crippen molar-refractivity contribution < 1.29 is 9.53 Å². The molecule has 0 radical (unpaired) electrons. The maximum atomic E-state index is 10.4. The Kier molecular flexibility index (Phi) is 1.12. The van der Waals surface area contributed by atoms with E-state index in [4.69, 9.17) is 0 Å². The second-order valence-electron chi connectivity index (χ2n) is 2.51. The number of carbonyl (C=O) groups excluding carboxylic acids is 1. The summed E-state index contributed by atoms with van der Waals surface area (Å²) in [6.07, 6.45) is 1.93. The lowest BCUT2D eigenvalue weighted by atomic mass is 10.6. The number of nitrogens with one attached hydrogen (secondary N) is 1. The molecule has 0 unspecified atom stereocenters. The average molecular weight is 140 g/mol. The van der Waals surface area contributed by atoms with E-state index in [9.17, 15) is 4.79 Å². The largest absolute Gasteiger partial charge is 0.441 e. The van der Waals surface area contributed by atoms with Crippen molar-refractivity contribution in [3.63, 3.8) is 0 Å². The lowest BCUT2D eigenvalue weighted by molar-refractivity contribution is 0.180. The molecular formula is C6H8N2O2. The number of aliphatic imine (C=N–C) groups is 1. The summed E-state index contributed by atoms with van der Waals surface area (Å²) >= 11 is 0. The van der Waals surface area contributed by atoms with Gasteiger partial charge in [-0.1, -0.05) is 0 Å². The van der Waals surface area contributed by atoms with Crippen molar-refractivity contribution in [2.45, 2.75) is 18.9 Å². The number of hydrogen-bond donors (Lipinski definition) is 1. The Morgan fingerprint density at radius 3 is 2.90 bits per heavy atom. The molecule has 54 valence electrons. The van der Waals surface area contributed by atoms with Crippen LogP contribution in [0.15, 0.2) is 4.99 Å². The van der Waals surface area contributed by atoms with Crippen molar-refractivity contribution in [1.29, 1.82) is 0 Å². The first-order chi connectivity index (χ1) is 4.84. The second-order valence-corrected chi connectivity index (χ2v) is 2.51. The molecule has 1 aliphatic carbocycles. The third kappa shape index (κ3) is 1.10. The van der Waals surface area contributed by atoms with Gasteiger partial charge < -0.3 is 4.74 Å². The molecule has 0 atom stereocenters. The summed E-state index contributed by atoms with van der Waals surface area (Å²) in [4.78, 5) is 14.6. The van der Waals surface area contributed by atoms with Crippen LogP contribution in [0, 0.1) is 0 Å². The van der Waals surface area contributed by atoms with Crippen LogP contribution >= 0.6 is 0 Å². The first kappa shape index (κ1) is 5.70. The molecule has 1 saturated heterocycles. The Balaban J connectivity index is 1.98. The Hall–Kier alpha value is -1.06. The van der Waals surface area contributed by atoms with E-state index in [1.807, 2.05) is 0 Å². The monoisotopic (exact) mass is 140 g/mol. The van der Waals surface area contributed by atoms with E-state index in [-0.39, 0.29) is 6.09 Å². The fourth-order valence-electron chi connectivity index (χ4n) is 0.817. The minimum absolute atomic E-state index is 0.329. The fraction of sp³-hybridized carbons (Fsp3) is 0.667. The number of rotatable bonds is 1. The molecule has 1 aliphatic heterocycles. The molecule has 0 bridgehead atoms. The van der Waals surface area contributed by atoms with Crippen LogP contribution in [0.4, 0.5) is 4.79 Å². The minimum atomic E-state index is -0.376. The van der Waals surface area contributed by atoms with E-state index >= 15 is 0 Å². The molecule has 10 heavy (non-hydrogen) atoms. The topological polar surface area (TPSA) is 50.7 Å². The van der Waals surface area contributed by atoms with Crippen LogP contribution in [0.25, 0.3) is 0 Å². The molecule has 2 fully saturated rings. The first-order valence-corrected chi connectivity index (χ1v) is 3.35. The number of ether oxygens (including phenoxy) is 1. The summed E-state index contributed by atoms with van der Waals surface area (Å²) in [5.74, 6) is 0.688. The molecule has 1 heterocycles. The van der Waals surface area contributed by atoms with Crippen molar-refractivity contribution in [1.82, 2.24) is 5.32 Å². The lowest BCUT2D eigenvalue weighted by Crippen LogP contribution is -2.20. The fourth-order valence-corrected chi connectivity index (χ4v) is 0.817. The van der Waals surface area contributed by atoms with Crippen molar-refractivity contribution >= 4 is 11.9 Å². The quantitative estimate of drug-likeness (QED) is 0.569. The van der Waals surface area contributed by atoms with Gasteiger partial charge >= 0.3 is 6.09 Å². The SMILES string of the molecule is O=C1NC(=NC2CC2)CO1. The van der Waals surface area contributed by atoms with Gasteiger partial charge in [0.25, 0.3) is 0 Å². The van der Waals surface area contributed by atoms with Gasteiger partial charge in [-0.3, -0.25) is 10.3 Å². The molecule has 4 heteroatoms. The van der Waals surface area contributed by atoms with Gasteiger partial charge in [-0.05, 0) is 12.8 Å². The van der Waals surface area contributed by atoms with Gasteiger partial charge in [0.1, 0.15) is 5.84 Å². The number of amides is 1. The van der Waals surface area contributed by atoms with E-state index in [0.717, 1.165) is 12.8 Å². The molecule has 1 N–H and O–H groups in total. The average Bonchev–Trinajstić information content (AvgIpc) is 2.59. The van der Waals surface area contributed by atoms with E-state index in [2.05, 4.69) is 15.0 Å². The summed E-state index contributed by atoms with van der Waals surface area (Å²) in [5, 5.41) is 2.51. The van der Waals surface area contributed by atoms with Crippen LogP contribution in [0.2, 0.25) is 0 Å². The van der Waals surface area contributed by atoms with Gasteiger partial charge in [-0.2, -0.15) is 0 Å². The predicted molar refractivity (Wildman–Crippen MR) is 34.9 cm³/mol. The molecular weight excluding hydrogens is 132 g/mol. The number of amidine groups is 1. The van der Waals surface area contributed by atoms with Gasteiger partial charge in [0, 0.05) is 0 Å². The van der Waals surface area contributed by atoms with E-state index in [0.29, 0.717) is 18.5 Å². The smallest absolute Gasteiger partial charge is 0.413 e. The Morgan fingerprint density at radius 2 is 2.40 bits per heavy atom. The van der Waals surface area contributed by atoms with Crippen molar-refractivity contribution in [2.75, 3.05) is 6.61 Å². The second kappa shape index (κ2) is 1.97. The summed E-state index contributed by atoms with van der Waals surface area (Å²) in [5.41, 5.74) is 0. The van der Waals surface area contributed by atoms with Crippen LogP contribution in [0.3, 0.4) is 0 Å². The molecule has 2 rings (SSSR count). The van der Waals surface area contributed by atoms with Crippen molar-refractivity contribution in [3.8, 4) is 0 Å².